The molecule has 4 nitrogen and oxygen atoms in total. The maximum Gasteiger partial charge on any atom is 0.574 e. The monoisotopic (exact) mass is 310 g/mol. The van der Waals surface area contributed by atoms with Gasteiger partial charge in [-0.25, -0.2) is 4.98 Å². The highest BCUT2D eigenvalue weighted by Gasteiger charge is 2.33. The van der Waals surface area contributed by atoms with Crippen LogP contribution >= 0.6 is 15.9 Å². The molecule has 1 rings (SSSR count). The van der Waals surface area contributed by atoms with E-state index in [-0.39, 0.29) is 17.3 Å². The molecule has 0 aromatic carbocycles. The van der Waals surface area contributed by atoms with Crippen LogP contribution in [0, 0.1) is 11.3 Å². The molecular formula is C9H6BrF3N2O2. The van der Waals surface area contributed by atoms with Crippen LogP contribution in [0.2, 0.25) is 0 Å². The van der Waals surface area contributed by atoms with Gasteiger partial charge in [0.05, 0.1) is 12.5 Å². The molecule has 0 aliphatic heterocycles. The lowest BCUT2D eigenvalue weighted by Gasteiger charge is -2.12. The predicted molar refractivity (Wildman–Crippen MR) is 54.5 cm³/mol. The summed E-state index contributed by atoms with van der Waals surface area (Å²) in [7, 11) is 0. The Balaban J connectivity index is 3.19. The average Bonchev–Trinajstić information content (AvgIpc) is 2.23. The van der Waals surface area contributed by atoms with Gasteiger partial charge >= 0.3 is 6.36 Å². The molecule has 0 radical (unpaired) electrons. The molecule has 0 saturated heterocycles. The Labute approximate surface area is 103 Å². The normalized spacial score (nSPS) is 11.0. The first-order chi connectivity index (χ1) is 7.89. The maximum absolute atomic E-state index is 12.0. The van der Waals surface area contributed by atoms with Crippen molar-refractivity contribution < 1.29 is 23.0 Å². The Morgan fingerprint density at radius 1 is 1.53 bits per heavy atom. The number of halogens is 4. The molecule has 8 heteroatoms. The molecule has 1 aromatic rings. The molecule has 0 fully saturated rings. The molecule has 0 saturated carbocycles. The molecule has 0 aliphatic rings. The van der Waals surface area contributed by atoms with Gasteiger partial charge in [-0.1, -0.05) is 15.9 Å². The summed E-state index contributed by atoms with van der Waals surface area (Å²) in [4.78, 5) is 3.35. The molecule has 0 aliphatic carbocycles. The van der Waals surface area contributed by atoms with E-state index in [0.717, 1.165) is 6.20 Å². The third-order valence-corrected chi connectivity index (χ3v) is 2.43. The molecular weight excluding hydrogens is 305 g/mol. The van der Waals surface area contributed by atoms with E-state index in [1.807, 2.05) is 0 Å². The summed E-state index contributed by atoms with van der Waals surface area (Å²) >= 11 is 3.07. The van der Waals surface area contributed by atoms with Crippen molar-refractivity contribution in [1.29, 1.82) is 5.26 Å². The van der Waals surface area contributed by atoms with Crippen molar-refractivity contribution in [2.45, 2.75) is 18.1 Å². The number of ether oxygens (including phenoxy) is 1. The summed E-state index contributed by atoms with van der Waals surface area (Å²) in [6, 6.07) is 1.74. The van der Waals surface area contributed by atoms with Gasteiger partial charge in [0.25, 0.3) is 5.88 Å². The fourth-order valence-electron chi connectivity index (χ4n) is 1.13. The van der Waals surface area contributed by atoms with Gasteiger partial charge < -0.3 is 9.84 Å². The molecule has 0 unspecified atom stereocenters. The molecule has 0 amide bonds. The van der Waals surface area contributed by atoms with E-state index < -0.39 is 18.0 Å². The van der Waals surface area contributed by atoms with Crippen LogP contribution in [0.1, 0.15) is 11.1 Å². The van der Waals surface area contributed by atoms with Gasteiger partial charge in [0.2, 0.25) is 0 Å². The molecule has 92 valence electrons. The summed E-state index contributed by atoms with van der Waals surface area (Å²) in [5, 5.41) is 18.3. The van der Waals surface area contributed by atoms with Gasteiger partial charge in [-0.15, -0.1) is 13.2 Å². The number of hydrogen-bond acceptors (Lipinski definition) is 4. The summed E-state index contributed by atoms with van der Waals surface area (Å²) in [5.74, 6) is -1.71. The summed E-state index contributed by atoms with van der Waals surface area (Å²) in [6.07, 6.45) is -4.06. The zero-order chi connectivity index (χ0) is 13.1. The first kappa shape index (κ1) is 13.6. The molecule has 1 heterocycles. The number of hydrogen-bond donors (Lipinski definition) is 1. The second-order valence-corrected chi connectivity index (χ2v) is 3.49. The van der Waals surface area contributed by atoms with Crippen molar-refractivity contribution in [3.63, 3.8) is 0 Å². The third kappa shape index (κ3) is 3.49. The largest absolute Gasteiger partial charge is 0.574 e. The summed E-state index contributed by atoms with van der Waals surface area (Å²) in [5.41, 5.74) is 0.497. The van der Waals surface area contributed by atoms with E-state index in [9.17, 15) is 18.3 Å². The molecule has 0 atom stereocenters. The Hall–Kier alpha value is -1.49. The number of aromatic nitrogens is 1. The van der Waals surface area contributed by atoms with Crippen LogP contribution in [-0.2, 0) is 11.8 Å². The van der Waals surface area contributed by atoms with Crippen LogP contribution < -0.4 is 4.74 Å². The molecule has 0 spiro atoms. The maximum atomic E-state index is 12.0. The Morgan fingerprint density at radius 2 is 2.18 bits per heavy atom. The van der Waals surface area contributed by atoms with Crippen LogP contribution in [0.3, 0.4) is 0 Å². The fraction of sp³-hybridized carbons (Fsp3) is 0.333. The van der Waals surface area contributed by atoms with Gasteiger partial charge in [0.15, 0.2) is 5.75 Å². The van der Waals surface area contributed by atoms with E-state index in [0.29, 0.717) is 5.56 Å². The lowest BCUT2D eigenvalue weighted by molar-refractivity contribution is -0.276. The summed E-state index contributed by atoms with van der Waals surface area (Å²) in [6.45, 7) is 0. The zero-order valence-electron chi connectivity index (χ0n) is 8.25. The minimum Gasteiger partial charge on any atom is -0.503 e. The Morgan fingerprint density at radius 3 is 2.65 bits per heavy atom. The van der Waals surface area contributed by atoms with E-state index in [4.69, 9.17) is 5.26 Å². The van der Waals surface area contributed by atoms with Crippen molar-refractivity contribution in [3.05, 3.63) is 17.3 Å². The lowest BCUT2D eigenvalue weighted by Crippen LogP contribution is -2.18. The number of pyridine rings is 1. The Bertz CT molecular complexity index is 457. The van der Waals surface area contributed by atoms with Gasteiger partial charge in [-0.05, 0) is 5.56 Å². The first-order valence-electron chi connectivity index (χ1n) is 4.27. The molecule has 1 N–H and O–H groups in total. The highest BCUT2D eigenvalue weighted by molar-refractivity contribution is 9.08. The van der Waals surface area contributed by atoms with Gasteiger partial charge in [-0.2, -0.15) is 5.26 Å². The Kier molecular flexibility index (Phi) is 4.17. The standard InChI is InChI=1S/C9H6BrF3N2O2/c10-3-5-4-15-8(17-9(11,12)13)7(16)6(5)1-2-14/h4,16H,1,3H2. The number of rotatable bonds is 3. The second kappa shape index (κ2) is 5.23. The number of aromatic hydroxyl groups is 1. The van der Waals surface area contributed by atoms with Crippen molar-refractivity contribution in [3.8, 4) is 17.7 Å². The topological polar surface area (TPSA) is 66.1 Å². The lowest BCUT2D eigenvalue weighted by atomic mass is 10.1. The minimum absolute atomic E-state index is 0.0682. The number of nitrogens with zero attached hydrogens (tertiary/aromatic N) is 2. The van der Waals surface area contributed by atoms with Crippen LogP contribution in [0.25, 0.3) is 0 Å². The van der Waals surface area contributed by atoms with E-state index in [2.05, 4.69) is 25.7 Å². The van der Waals surface area contributed by atoms with E-state index in [1.165, 1.54) is 0 Å². The van der Waals surface area contributed by atoms with Crippen LogP contribution in [-0.4, -0.2) is 16.5 Å². The van der Waals surface area contributed by atoms with Crippen LogP contribution in [0.5, 0.6) is 11.6 Å². The second-order valence-electron chi connectivity index (χ2n) is 2.93. The fourth-order valence-corrected chi connectivity index (χ4v) is 1.62. The SMILES string of the molecule is N#CCc1c(CBr)cnc(OC(F)(F)F)c1O. The number of nitriles is 1. The number of alkyl halides is 4. The highest BCUT2D eigenvalue weighted by atomic mass is 79.9. The van der Waals surface area contributed by atoms with Crippen LogP contribution in [0.4, 0.5) is 13.2 Å². The zero-order valence-corrected chi connectivity index (χ0v) is 9.84. The third-order valence-electron chi connectivity index (χ3n) is 1.83. The molecule has 17 heavy (non-hydrogen) atoms. The van der Waals surface area contributed by atoms with Crippen molar-refractivity contribution >= 4 is 15.9 Å². The van der Waals surface area contributed by atoms with Gasteiger partial charge in [0, 0.05) is 17.1 Å². The van der Waals surface area contributed by atoms with Crippen molar-refractivity contribution in [2.24, 2.45) is 0 Å². The smallest absolute Gasteiger partial charge is 0.503 e. The quantitative estimate of drug-likeness (QED) is 0.872. The van der Waals surface area contributed by atoms with E-state index in [1.54, 1.807) is 6.07 Å². The predicted octanol–water partition coefficient (Wildman–Crippen LogP) is 2.65. The minimum atomic E-state index is -4.94. The van der Waals surface area contributed by atoms with Crippen molar-refractivity contribution in [2.75, 3.05) is 0 Å². The molecule has 0 bridgehead atoms. The summed E-state index contributed by atoms with van der Waals surface area (Å²) < 4.78 is 39.5. The van der Waals surface area contributed by atoms with E-state index >= 15 is 0 Å². The molecule has 1 aromatic heterocycles. The average molecular weight is 311 g/mol. The van der Waals surface area contributed by atoms with Crippen LogP contribution in [0.15, 0.2) is 6.20 Å². The van der Waals surface area contributed by atoms with Gasteiger partial charge in [0.1, 0.15) is 0 Å². The first-order valence-corrected chi connectivity index (χ1v) is 5.39. The van der Waals surface area contributed by atoms with Gasteiger partial charge in [-0.3, -0.25) is 0 Å². The highest BCUT2D eigenvalue weighted by Crippen LogP contribution is 2.34. The van der Waals surface area contributed by atoms with Crippen molar-refractivity contribution in [1.82, 2.24) is 4.98 Å².